The van der Waals surface area contributed by atoms with Crippen molar-refractivity contribution in [3.63, 3.8) is 0 Å². The molecule has 0 heterocycles. The first-order valence-corrected chi connectivity index (χ1v) is 7.67. The van der Waals surface area contributed by atoms with Crippen LogP contribution in [-0.2, 0) is 13.0 Å². The van der Waals surface area contributed by atoms with E-state index < -0.39 is 0 Å². The molecular weight excluding hydrogens is 266 g/mol. The molecule has 0 saturated carbocycles. The quantitative estimate of drug-likeness (QED) is 0.730. The number of nitrogens with one attached hydrogen (secondary N) is 1. The second-order valence-electron chi connectivity index (χ2n) is 5.28. The van der Waals surface area contributed by atoms with Crippen LogP contribution in [0.5, 0.6) is 0 Å². The van der Waals surface area contributed by atoms with Crippen molar-refractivity contribution in [1.29, 1.82) is 0 Å². The fourth-order valence-electron chi connectivity index (χ4n) is 2.30. The van der Waals surface area contributed by atoms with E-state index >= 15 is 0 Å². The van der Waals surface area contributed by atoms with Gasteiger partial charge in [-0.2, -0.15) is 0 Å². The normalized spacial score (nSPS) is 10.6. The highest BCUT2D eigenvalue weighted by molar-refractivity contribution is 6.17. The Hall–Kier alpha value is -1.47. The number of benzene rings is 2. The Labute approximate surface area is 127 Å². The molecule has 0 amide bonds. The predicted molar refractivity (Wildman–Crippen MR) is 88.7 cm³/mol. The Bertz CT molecular complexity index is 563. The third-order valence-electron chi connectivity index (χ3n) is 3.51. The van der Waals surface area contributed by atoms with Crippen molar-refractivity contribution in [2.24, 2.45) is 0 Å². The number of rotatable bonds is 6. The van der Waals surface area contributed by atoms with Crippen molar-refractivity contribution >= 4 is 17.3 Å². The fraction of sp³-hybridized carbons (Fsp3) is 0.333. The summed E-state index contributed by atoms with van der Waals surface area (Å²) in [6, 6.07) is 15.2. The van der Waals surface area contributed by atoms with Crippen molar-refractivity contribution in [3.05, 3.63) is 64.7 Å². The highest BCUT2D eigenvalue weighted by atomic mass is 35.5. The largest absolute Gasteiger partial charge is 0.381 e. The van der Waals surface area contributed by atoms with E-state index in [-0.39, 0.29) is 0 Å². The number of hydrogen-bond donors (Lipinski definition) is 1. The van der Waals surface area contributed by atoms with Gasteiger partial charge >= 0.3 is 0 Å². The van der Waals surface area contributed by atoms with Gasteiger partial charge < -0.3 is 5.32 Å². The molecule has 0 aliphatic carbocycles. The molecule has 2 rings (SSSR count). The van der Waals surface area contributed by atoms with Crippen LogP contribution in [0.15, 0.2) is 42.5 Å². The second kappa shape index (κ2) is 7.35. The lowest BCUT2D eigenvalue weighted by molar-refractivity contribution is 0.928. The minimum atomic E-state index is 0.722. The van der Waals surface area contributed by atoms with Gasteiger partial charge in [0.05, 0.1) is 0 Å². The van der Waals surface area contributed by atoms with Gasteiger partial charge in [0.2, 0.25) is 0 Å². The topological polar surface area (TPSA) is 12.0 Å². The Morgan fingerprint density at radius 3 is 2.70 bits per heavy atom. The lowest BCUT2D eigenvalue weighted by Gasteiger charge is -2.11. The van der Waals surface area contributed by atoms with Crippen LogP contribution >= 0.6 is 11.6 Å². The van der Waals surface area contributed by atoms with E-state index in [0.29, 0.717) is 0 Å². The monoisotopic (exact) mass is 287 g/mol. The van der Waals surface area contributed by atoms with Gasteiger partial charge in [0, 0.05) is 18.1 Å². The highest BCUT2D eigenvalue weighted by Crippen LogP contribution is 2.16. The van der Waals surface area contributed by atoms with Crippen LogP contribution in [0.2, 0.25) is 0 Å². The fourth-order valence-corrected chi connectivity index (χ4v) is 2.43. The molecule has 2 aromatic carbocycles. The number of alkyl halides is 1. The molecule has 0 unspecified atom stereocenters. The van der Waals surface area contributed by atoms with Crippen molar-refractivity contribution in [2.45, 2.75) is 33.2 Å². The molecule has 2 aromatic rings. The summed E-state index contributed by atoms with van der Waals surface area (Å²) in [5, 5.41) is 3.51. The maximum absolute atomic E-state index is 5.75. The Morgan fingerprint density at radius 1 is 1.05 bits per heavy atom. The van der Waals surface area contributed by atoms with Gasteiger partial charge in [-0.25, -0.2) is 0 Å². The summed E-state index contributed by atoms with van der Waals surface area (Å²) in [6.45, 7) is 5.16. The molecule has 0 fully saturated rings. The van der Waals surface area contributed by atoms with Crippen molar-refractivity contribution < 1.29 is 0 Å². The predicted octanol–water partition coefficient (Wildman–Crippen LogP) is 5.09. The van der Waals surface area contributed by atoms with Gasteiger partial charge in [0.15, 0.2) is 0 Å². The molecule has 0 atom stereocenters. The summed E-state index contributed by atoms with van der Waals surface area (Å²) in [5.41, 5.74) is 6.52. The van der Waals surface area contributed by atoms with E-state index in [9.17, 15) is 0 Å². The third-order valence-corrected chi connectivity index (χ3v) is 3.78. The van der Waals surface area contributed by atoms with Crippen LogP contribution < -0.4 is 5.32 Å². The highest BCUT2D eigenvalue weighted by Gasteiger charge is 2.00. The maximum atomic E-state index is 5.75. The first kappa shape index (κ1) is 14.9. The van der Waals surface area contributed by atoms with E-state index in [4.69, 9.17) is 11.6 Å². The van der Waals surface area contributed by atoms with Crippen molar-refractivity contribution in [2.75, 3.05) is 11.2 Å². The van der Waals surface area contributed by atoms with Gasteiger partial charge in [-0.3, -0.25) is 0 Å². The molecule has 0 saturated heterocycles. The maximum Gasteiger partial charge on any atom is 0.0403 e. The molecule has 0 spiro atoms. The molecule has 106 valence electrons. The number of anilines is 1. The van der Waals surface area contributed by atoms with Crippen LogP contribution in [-0.4, -0.2) is 5.88 Å². The minimum Gasteiger partial charge on any atom is -0.381 e. The molecular formula is C18H22ClN. The van der Waals surface area contributed by atoms with E-state index in [1.165, 1.54) is 27.9 Å². The average Bonchev–Trinajstić information content (AvgIpc) is 2.46. The number of hydrogen-bond acceptors (Lipinski definition) is 1. The van der Waals surface area contributed by atoms with Gasteiger partial charge in [0.1, 0.15) is 0 Å². The lowest BCUT2D eigenvalue weighted by atomic mass is 10.1. The first-order chi connectivity index (χ1) is 9.69. The molecule has 0 bridgehead atoms. The van der Waals surface area contributed by atoms with Crippen LogP contribution in [0.25, 0.3) is 0 Å². The van der Waals surface area contributed by atoms with Gasteiger partial charge in [-0.05, 0) is 55.5 Å². The number of aryl methyl sites for hydroxylation is 3. The average molecular weight is 288 g/mol. The lowest BCUT2D eigenvalue weighted by Crippen LogP contribution is -2.02. The third kappa shape index (κ3) is 4.28. The second-order valence-corrected chi connectivity index (χ2v) is 5.65. The Balaban J connectivity index is 2.01. The standard InChI is InChI=1S/C18H22ClN/c1-14-8-9-15(2)17(11-14)13-20-18-7-3-5-16(12-18)6-4-10-19/h3,5,7-9,11-12,20H,4,6,10,13H2,1-2H3. The summed E-state index contributed by atoms with van der Waals surface area (Å²) >= 11 is 5.75. The van der Waals surface area contributed by atoms with Crippen molar-refractivity contribution in [1.82, 2.24) is 0 Å². The number of halogens is 1. The van der Waals surface area contributed by atoms with E-state index in [2.05, 4.69) is 61.6 Å². The van der Waals surface area contributed by atoms with Crippen LogP contribution in [0.1, 0.15) is 28.7 Å². The van der Waals surface area contributed by atoms with Crippen LogP contribution in [0.3, 0.4) is 0 Å². The molecule has 0 aliphatic rings. The van der Waals surface area contributed by atoms with Crippen LogP contribution in [0.4, 0.5) is 5.69 Å². The molecule has 1 nitrogen and oxygen atoms in total. The molecule has 1 N–H and O–H groups in total. The minimum absolute atomic E-state index is 0.722. The van der Waals surface area contributed by atoms with Crippen molar-refractivity contribution in [3.8, 4) is 0 Å². The first-order valence-electron chi connectivity index (χ1n) is 7.14. The summed E-state index contributed by atoms with van der Waals surface area (Å²) in [5.74, 6) is 0.722. The zero-order valence-corrected chi connectivity index (χ0v) is 13.0. The Morgan fingerprint density at radius 2 is 1.90 bits per heavy atom. The van der Waals surface area contributed by atoms with E-state index in [1.807, 2.05) is 0 Å². The van der Waals surface area contributed by atoms with Gasteiger partial charge in [0.25, 0.3) is 0 Å². The smallest absolute Gasteiger partial charge is 0.0403 e. The zero-order chi connectivity index (χ0) is 14.4. The molecule has 0 radical (unpaired) electrons. The van der Waals surface area contributed by atoms with E-state index in [1.54, 1.807) is 0 Å². The SMILES string of the molecule is Cc1ccc(C)c(CNc2cccc(CCCCl)c2)c1. The van der Waals surface area contributed by atoms with E-state index in [0.717, 1.165) is 25.3 Å². The molecule has 20 heavy (non-hydrogen) atoms. The summed E-state index contributed by atoms with van der Waals surface area (Å²) in [6.07, 6.45) is 2.07. The molecule has 2 heteroatoms. The summed E-state index contributed by atoms with van der Waals surface area (Å²) in [7, 11) is 0. The zero-order valence-electron chi connectivity index (χ0n) is 12.2. The van der Waals surface area contributed by atoms with Crippen LogP contribution in [0, 0.1) is 13.8 Å². The molecule has 0 aliphatic heterocycles. The van der Waals surface area contributed by atoms with Gasteiger partial charge in [-0.1, -0.05) is 35.9 Å². The summed E-state index contributed by atoms with van der Waals surface area (Å²) < 4.78 is 0. The molecule has 0 aromatic heterocycles. The summed E-state index contributed by atoms with van der Waals surface area (Å²) in [4.78, 5) is 0. The van der Waals surface area contributed by atoms with Gasteiger partial charge in [-0.15, -0.1) is 11.6 Å². The Kier molecular flexibility index (Phi) is 5.49.